The summed E-state index contributed by atoms with van der Waals surface area (Å²) >= 11 is 0. The molecule has 58 heavy (non-hydrogen) atoms. The molecule has 0 saturated heterocycles. The standard InChI is InChI=1S/C42H78O14P2/c1-3-5-7-9-11-13-15-17-19-21-23-25-27-30-38(43)31-29-33-41(45)52-36-40(37-55-58(50,51)54-35-39(44)34-53-57(47,48)49)56-42(46)32-28-26-24-22-20-18-16-14-12-10-8-6-4-2/h17,19,23,25,27,30,38-40,43-44H,3-16,18,20-22,24,26,28-29,31-37H2,1-2H3,(H,50,51)(H2,47,48,49)/b19-17+,25-23+,30-27+/t38?,39-,40+/m0/s1. The molecule has 5 N–H and O–H groups in total. The summed E-state index contributed by atoms with van der Waals surface area (Å²) in [5, 5.41) is 20.0. The fourth-order valence-electron chi connectivity index (χ4n) is 5.77. The molecular formula is C42H78O14P2. The lowest BCUT2D eigenvalue weighted by Crippen LogP contribution is -2.30. The highest BCUT2D eigenvalue weighted by Gasteiger charge is 2.28. The number of hydrogen-bond donors (Lipinski definition) is 5. The third kappa shape index (κ3) is 41.1. The van der Waals surface area contributed by atoms with Gasteiger partial charge in [0.15, 0.2) is 6.10 Å². The smallest absolute Gasteiger partial charge is 0.462 e. The second-order valence-electron chi connectivity index (χ2n) is 14.8. The Hall–Kier alpha value is -1.70. The highest BCUT2D eigenvalue weighted by Crippen LogP contribution is 2.43. The molecule has 0 bridgehead atoms. The van der Waals surface area contributed by atoms with Crippen LogP contribution < -0.4 is 0 Å². The van der Waals surface area contributed by atoms with Crippen LogP contribution in [0.1, 0.15) is 174 Å². The predicted octanol–water partition coefficient (Wildman–Crippen LogP) is 9.87. The normalized spacial score (nSPS) is 14.9. The molecule has 16 heteroatoms. The highest BCUT2D eigenvalue weighted by atomic mass is 31.2. The molecule has 340 valence electrons. The summed E-state index contributed by atoms with van der Waals surface area (Å²) in [4.78, 5) is 52.6. The first-order chi connectivity index (χ1) is 27.8. The van der Waals surface area contributed by atoms with Gasteiger partial charge >= 0.3 is 27.6 Å². The Bertz CT molecular complexity index is 1190. The second kappa shape index (κ2) is 38.2. The molecule has 0 heterocycles. The number of aliphatic hydroxyl groups excluding tert-OH is 2. The summed E-state index contributed by atoms with van der Waals surface area (Å²) in [6, 6.07) is 0. The Balaban J connectivity index is 4.68. The molecule has 0 aliphatic rings. The first kappa shape index (κ1) is 56.3. The van der Waals surface area contributed by atoms with E-state index in [1.807, 2.05) is 12.2 Å². The monoisotopic (exact) mass is 868 g/mol. The van der Waals surface area contributed by atoms with Crippen LogP contribution in [-0.2, 0) is 41.8 Å². The molecular weight excluding hydrogens is 790 g/mol. The third-order valence-electron chi connectivity index (χ3n) is 9.13. The van der Waals surface area contributed by atoms with E-state index in [4.69, 9.17) is 23.8 Å². The lowest BCUT2D eigenvalue weighted by Gasteiger charge is -2.20. The molecule has 0 aromatic carbocycles. The van der Waals surface area contributed by atoms with Gasteiger partial charge in [-0.1, -0.05) is 159 Å². The van der Waals surface area contributed by atoms with E-state index in [1.165, 1.54) is 89.9 Å². The van der Waals surface area contributed by atoms with Crippen LogP contribution in [0.15, 0.2) is 36.5 Å². The van der Waals surface area contributed by atoms with E-state index in [0.717, 1.165) is 38.5 Å². The summed E-state index contributed by atoms with van der Waals surface area (Å²) < 4.78 is 47.6. The van der Waals surface area contributed by atoms with Crippen molar-refractivity contribution >= 4 is 27.6 Å². The summed E-state index contributed by atoms with van der Waals surface area (Å²) in [6.07, 6.45) is 33.1. The first-order valence-electron chi connectivity index (χ1n) is 21.8. The predicted molar refractivity (Wildman–Crippen MR) is 227 cm³/mol. The molecule has 0 radical (unpaired) electrons. The zero-order valence-corrected chi connectivity index (χ0v) is 37.3. The highest BCUT2D eigenvalue weighted by molar-refractivity contribution is 7.47. The zero-order valence-electron chi connectivity index (χ0n) is 35.5. The fraction of sp³-hybridized carbons (Fsp3) is 0.810. The Morgan fingerprint density at radius 2 is 1.09 bits per heavy atom. The number of phosphoric ester groups is 2. The quantitative estimate of drug-likeness (QED) is 0.0127. The van der Waals surface area contributed by atoms with Crippen LogP contribution in [0.5, 0.6) is 0 Å². The average Bonchev–Trinajstić information content (AvgIpc) is 3.17. The van der Waals surface area contributed by atoms with Crippen LogP contribution in [-0.4, -0.2) is 81.6 Å². The summed E-state index contributed by atoms with van der Waals surface area (Å²) in [5.41, 5.74) is 0. The maximum absolute atomic E-state index is 12.6. The van der Waals surface area contributed by atoms with Gasteiger partial charge in [0, 0.05) is 12.8 Å². The van der Waals surface area contributed by atoms with Crippen LogP contribution in [0, 0.1) is 0 Å². The van der Waals surface area contributed by atoms with Gasteiger partial charge in [-0.25, -0.2) is 9.13 Å². The maximum Gasteiger partial charge on any atom is 0.472 e. The van der Waals surface area contributed by atoms with Crippen LogP contribution in [0.2, 0.25) is 0 Å². The lowest BCUT2D eigenvalue weighted by molar-refractivity contribution is -0.161. The Morgan fingerprint density at radius 3 is 1.67 bits per heavy atom. The zero-order chi connectivity index (χ0) is 43.2. The number of esters is 2. The number of carbonyl (C=O) groups is 2. The van der Waals surface area contributed by atoms with Crippen molar-refractivity contribution in [2.24, 2.45) is 0 Å². The van der Waals surface area contributed by atoms with Crippen LogP contribution in [0.25, 0.3) is 0 Å². The molecule has 4 atom stereocenters. The topological polar surface area (TPSA) is 216 Å². The van der Waals surface area contributed by atoms with Gasteiger partial charge in [0.2, 0.25) is 0 Å². The van der Waals surface area contributed by atoms with Gasteiger partial charge in [-0.15, -0.1) is 0 Å². The van der Waals surface area contributed by atoms with E-state index in [0.29, 0.717) is 19.3 Å². The molecule has 0 aromatic heterocycles. The van der Waals surface area contributed by atoms with Gasteiger partial charge in [-0.3, -0.25) is 23.2 Å². The van der Waals surface area contributed by atoms with Crippen LogP contribution in [0.3, 0.4) is 0 Å². The number of ether oxygens (including phenoxy) is 2. The van der Waals surface area contributed by atoms with Crippen LogP contribution >= 0.6 is 15.6 Å². The van der Waals surface area contributed by atoms with Gasteiger partial charge in [0.1, 0.15) is 12.7 Å². The van der Waals surface area contributed by atoms with Crippen molar-refractivity contribution < 1.29 is 66.7 Å². The number of aliphatic hydroxyl groups is 2. The Labute approximate surface area is 349 Å². The van der Waals surface area contributed by atoms with Gasteiger partial charge < -0.3 is 34.4 Å². The van der Waals surface area contributed by atoms with Crippen molar-refractivity contribution in [3.63, 3.8) is 0 Å². The average molecular weight is 869 g/mol. The van der Waals surface area contributed by atoms with Crippen LogP contribution in [0.4, 0.5) is 0 Å². The first-order valence-corrected chi connectivity index (χ1v) is 24.8. The van der Waals surface area contributed by atoms with Gasteiger partial charge in [-0.05, 0) is 38.5 Å². The molecule has 14 nitrogen and oxygen atoms in total. The number of phosphoric acid groups is 2. The lowest BCUT2D eigenvalue weighted by atomic mass is 10.0. The van der Waals surface area contributed by atoms with E-state index in [9.17, 15) is 33.8 Å². The molecule has 0 aromatic rings. The molecule has 0 saturated carbocycles. The van der Waals surface area contributed by atoms with Crippen molar-refractivity contribution in [3.05, 3.63) is 36.5 Å². The number of hydrogen-bond acceptors (Lipinski definition) is 11. The second-order valence-corrected chi connectivity index (χ2v) is 17.5. The molecule has 0 spiro atoms. The van der Waals surface area contributed by atoms with Gasteiger partial charge in [0.25, 0.3) is 0 Å². The molecule has 0 amide bonds. The van der Waals surface area contributed by atoms with E-state index in [-0.39, 0.29) is 12.8 Å². The summed E-state index contributed by atoms with van der Waals surface area (Å²) in [6.45, 7) is 1.54. The van der Waals surface area contributed by atoms with Gasteiger partial charge in [0.05, 0.1) is 25.9 Å². The molecule has 2 unspecified atom stereocenters. The van der Waals surface area contributed by atoms with Crippen molar-refractivity contribution in [2.45, 2.75) is 193 Å². The van der Waals surface area contributed by atoms with Gasteiger partial charge in [-0.2, -0.15) is 0 Å². The van der Waals surface area contributed by atoms with Crippen molar-refractivity contribution in [1.29, 1.82) is 0 Å². The van der Waals surface area contributed by atoms with Crippen molar-refractivity contribution in [3.8, 4) is 0 Å². The molecule has 0 aliphatic carbocycles. The summed E-state index contributed by atoms with van der Waals surface area (Å²) in [5.74, 6) is -1.22. The molecule has 0 aliphatic heterocycles. The Morgan fingerprint density at radius 1 is 0.569 bits per heavy atom. The molecule has 0 rings (SSSR count). The van der Waals surface area contributed by atoms with E-state index < -0.39 is 72.3 Å². The number of unbranched alkanes of at least 4 members (excludes halogenated alkanes) is 18. The minimum atomic E-state index is -4.88. The number of allylic oxidation sites excluding steroid dienone is 5. The largest absolute Gasteiger partial charge is 0.472 e. The minimum absolute atomic E-state index is 0.0270. The maximum atomic E-state index is 12.6. The fourth-order valence-corrected chi connectivity index (χ4v) is 6.92. The summed E-state index contributed by atoms with van der Waals surface area (Å²) in [7, 11) is -9.72. The molecule has 0 fully saturated rings. The van der Waals surface area contributed by atoms with E-state index in [2.05, 4.69) is 35.0 Å². The SMILES string of the molecule is CCCCCCCC/C=C/C/C=C/C=C/C(O)CCCC(=O)OC[C@H](COP(=O)(O)OC[C@@H](O)COP(=O)(O)O)OC(=O)CCCCCCCCCCCCCCC. The minimum Gasteiger partial charge on any atom is -0.462 e. The number of rotatable bonds is 41. The van der Waals surface area contributed by atoms with Crippen molar-refractivity contribution in [2.75, 3.05) is 26.4 Å². The number of carbonyl (C=O) groups excluding carboxylic acids is 2. The van der Waals surface area contributed by atoms with E-state index in [1.54, 1.807) is 12.2 Å². The third-order valence-corrected chi connectivity index (χ3v) is 10.6. The van der Waals surface area contributed by atoms with E-state index >= 15 is 0 Å². The van der Waals surface area contributed by atoms with Crippen molar-refractivity contribution in [1.82, 2.24) is 0 Å². The Kier molecular flexibility index (Phi) is 37.1.